The molecule has 1 aromatic carbocycles. The highest BCUT2D eigenvalue weighted by Gasteiger charge is 2.18. The molecule has 1 aliphatic rings. The van der Waals surface area contributed by atoms with E-state index in [1.54, 1.807) is 0 Å². The van der Waals surface area contributed by atoms with Gasteiger partial charge in [-0.2, -0.15) is 5.26 Å². The maximum Gasteiger partial charge on any atom is 0.0991 e. The van der Waals surface area contributed by atoms with Gasteiger partial charge in [-0.1, -0.05) is 0 Å². The normalized spacial score (nSPS) is 25.1. The number of nitrogens with one attached hydrogen (secondary N) is 1. The molecule has 2 unspecified atom stereocenters. The van der Waals surface area contributed by atoms with Crippen molar-refractivity contribution in [2.75, 3.05) is 18.0 Å². The Morgan fingerprint density at radius 2 is 1.94 bits per heavy atom. The van der Waals surface area contributed by atoms with Crippen LogP contribution in [0.3, 0.4) is 0 Å². The van der Waals surface area contributed by atoms with E-state index < -0.39 is 0 Å². The molecule has 2 rings (SSSR count). The molecule has 3 nitrogen and oxygen atoms in total. The Labute approximate surface area is 103 Å². The van der Waals surface area contributed by atoms with Gasteiger partial charge in [-0.15, -0.1) is 0 Å². The molecule has 2 atom stereocenters. The van der Waals surface area contributed by atoms with Crippen molar-refractivity contribution in [1.29, 1.82) is 5.26 Å². The van der Waals surface area contributed by atoms with E-state index in [2.05, 4.69) is 30.1 Å². The summed E-state index contributed by atoms with van der Waals surface area (Å²) in [6, 6.07) is 11.1. The Kier molecular flexibility index (Phi) is 3.65. The molecule has 0 radical (unpaired) electrons. The Morgan fingerprint density at radius 1 is 1.24 bits per heavy atom. The topological polar surface area (TPSA) is 39.1 Å². The number of hydrogen-bond acceptors (Lipinski definition) is 3. The molecular weight excluding hydrogens is 210 g/mol. The summed E-state index contributed by atoms with van der Waals surface area (Å²) in [5, 5.41) is 12.4. The highest BCUT2D eigenvalue weighted by atomic mass is 15.2. The van der Waals surface area contributed by atoms with Crippen LogP contribution in [0.2, 0.25) is 0 Å². The molecule has 90 valence electrons. The van der Waals surface area contributed by atoms with Crippen molar-refractivity contribution in [2.45, 2.75) is 32.4 Å². The monoisotopic (exact) mass is 229 g/mol. The second-order valence-electron chi connectivity index (χ2n) is 4.86. The van der Waals surface area contributed by atoms with E-state index in [-0.39, 0.29) is 0 Å². The van der Waals surface area contributed by atoms with Crippen molar-refractivity contribution in [2.24, 2.45) is 0 Å². The number of nitriles is 1. The third-order valence-electron chi connectivity index (χ3n) is 3.26. The number of nitrogens with zero attached hydrogens (tertiary/aromatic N) is 2. The fourth-order valence-electron chi connectivity index (χ4n) is 2.37. The zero-order chi connectivity index (χ0) is 12.3. The van der Waals surface area contributed by atoms with Crippen LogP contribution in [0.25, 0.3) is 0 Å². The van der Waals surface area contributed by atoms with E-state index in [0.717, 1.165) is 25.1 Å². The van der Waals surface area contributed by atoms with Gasteiger partial charge in [-0.25, -0.2) is 0 Å². The molecule has 17 heavy (non-hydrogen) atoms. The Hall–Kier alpha value is -1.53. The summed E-state index contributed by atoms with van der Waals surface area (Å²) in [6.45, 7) is 6.55. The average Bonchev–Trinajstić information content (AvgIpc) is 2.50. The van der Waals surface area contributed by atoms with Crippen molar-refractivity contribution < 1.29 is 0 Å². The largest absolute Gasteiger partial charge is 0.370 e. The summed E-state index contributed by atoms with van der Waals surface area (Å²) in [5.74, 6) is 0. The molecule has 0 bridgehead atoms. The van der Waals surface area contributed by atoms with Gasteiger partial charge in [0.25, 0.3) is 0 Å². The number of anilines is 1. The van der Waals surface area contributed by atoms with Gasteiger partial charge in [-0.3, -0.25) is 0 Å². The van der Waals surface area contributed by atoms with Crippen LogP contribution >= 0.6 is 0 Å². The standard InChI is InChI=1S/C14H19N3/c1-11-7-8-17(10-12(2)16-11)14-5-3-13(9-15)4-6-14/h3-6,11-12,16H,7-8,10H2,1-2H3. The van der Waals surface area contributed by atoms with Gasteiger partial charge < -0.3 is 10.2 Å². The lowest BCUT2D eigenvalue weighted by molar-refractivity contribution is 0.492. The molecule has 1 saturated heterocycles. The Balaban J connectivity index is 2.12. The van der Waals surface area contributed by atoms with Gasteiger partial charge in [0.15, 0.2) is 0 Å². The Bertz CT molecular complexity index is 404. The first-order valence-electron chi connectivity index (χ1n) is 6.20. The minimum Gasteiger partial charge on any atom is -0.370 e. The van der Waals surface area contributed by atoms with Gasteiger partial charge in [0, 0.05) is 30.9 Å². The van der Waals surface area contributed by atoms with Crippen LogP contribution in [0.5, 0.6) is 0 Å². The van der Waals surface area contributed by atoms with Crippen LogP contribution in [-0.2, 0) is 0 Å². The third kappa shape index (κ3) is 2.98. The minimum absolute atomic E-state index is 0.503. The van der Waals surface area contributed by atoms with E-state index in [1.165, 1.54) is 5.69 Å². The molecule has 3 heteroatoms. The Morgan fingerprint density at radius 3 is 2.59 bits per heavy atom. The summed E-state index contributed by atoms with van der Waals surface area (Å²) in [6.07, 6.45) is 1.16. The molecule has 0 aliphatic carbocycles. The lowest BCUT2D eigenvalue weighted by Gasteiger charge is -2.24. The average molecular weight is 229 g/mol. The fourth-order valence-corrected chi connectivity index (χ4v) is 2.37. The summed E-state index contributed by atoms with van der Waals surface area (Å²) >= 11 is 0. The van der Waals surface area contributed by atoms with Gasteiger partial charge in [0.1, 0.15) is 0 Å². The molecule has 1 N–H and O–H groups in total. The van der Waals surface area contributed by atoms with E-state index in [0.29, 0.717) is 12.1 Å². The minimum atomic E-state index is 0.503. The summed E-state index contributed by atoms with van der Waals surface area (Å²) in [7, 11) is 0. The van der Waals surface area contributed by atoms with Crippen LogP contribution in [0.1, 0.15) is 25.8 Å². The van der Waals surface area contributed by atoms with E-state index in [1.807, 2.05) is 24.3 Å². The smallest absolute Gasteiger partial charge is 0.0991 e. The van der Waals surface area contributed by atoms with Crippen molar-refractivity contribution >= 4 is 5.69 Å². The second-order valence-corrected chi connectivity index (χ2v) is 4.86. The molecule has 0 aromatic heterocycles. The molecule has 1 fully saturated rings. The molecule has 1 aliphatic heterocycles. The van der Waals surface area contributed by atoms with Crippen molar-refractivity contribution in [1.82, 2.24) is 5.32 Å². The van der Waals surface area contributed by atoms with Crippen molar-refractivity contribution in [3.8, 4) is 6.07 Å². The number of hydrogen-bond donors (Lipinski definition) is 1. The van der Waals surface area contributed by atoms with Gasteiger partial charge >= 0.3 is 0 Å². The van der Waals surface area contributed by atoms with Gasteiger partial charge in [0.2, 0.25) is 0 Å². The first kappa shape index (κ1) is 11.9. The SMILES string of the molecule is CC1CCN(c2ccc(C#N)cc2)CC(C)N1. The molecule has 1 heterocycles. The van der Waals surface area contributed by atoms with Crippen LogP contribution < -0.4 is 10.2 Å². The van der Waals surface area contributed by atoms with Gasteiger partial charge in [-0.05, 0) is 44.5 Å². The predicted octanol–water partition coefficient (Wildman–Crippen LogP) is 2.13. The van der Waals surface area contributed by atoms with E-state index in [9.17, 15) is 0 Å². The molecular formula is C14H19N3. The van der Waals surface area contributed by atoms with Crippen LogP contribution in [0.4, 0.5) is 5.69 Å². The van der Waals surface area contributed by atoms with E-state index in [4.69, 9.17) is 5.26 Å². The predicted molar refractivity (Wildman–Crippen MR) is 70.0 cm³/mol. The van der Waals surface area contributed by atoms with Crippen LogP contribution in [-0.4, -0.2) is 25.2 Å². The first-order chi connectivity index (χ1) is 8.19. The lowest BCUT2D eigenvalue weighted by Crippen LogP contribution is -2.37. The van der Waals surface area contributed by atoms with E-state index >= 15 is 0 Å². The quantitative estimate of drug-likeness (QED) is 0.802. The molecule has 0 amide bonds. The molecule has 0 saturated carbocycles. The fraction of sp³-hybridized carbons (Fsp3) is 0.500. The third-order valence-corrected chi connectivity index (χ3v) is 3.26. The maximum atomic E-state index is 8.79. The van der Waals surface area contributed by atoms with Gasteiger partial charge in [0.05, 0.1) is 11.6 Å². The first-order valence-corrected chi connectivity index (χ1v) is 6.20. The lowest BCUT2D eigenvalue weighted by atomic mass is 10.2. The molecule has 1 aromatic rings. The second kappa shape index (κ2) is 5.20. The number of benzene rings is 1. The summed E-state index contributed by atoms with van der Waals surface area (Å²) in [5.41, 5.74) is 1.94. The maximum absolute atomic E-state index is 8.79. The zero-order valence-electron chi connectivity index (χ0n) is 10.5. The molecule has 0 spiro atoms. The van der Waals surface area contributed by atoms with Crippen molar-refractivity contribution in [3.05, 3.63) is 29.8 Å². The van der Waals surface area contributed by atoms with Crippen LogP contribution in [0, 0.1) is 11.3 Å². The van der Waals surface area contributed by atoms with Crippen LogP contribution in [0.15, 0.2) is 24.3 Å². The zero-order valence-corrected chi connectivity index (χ0v) is 10.5. The highest BCUT2D eigenvalue weighted by Crippen LogP contribution is 2.18. The number of rotatable bonds is 1. The highest BCUT2D eigenvalue weighted by molar-refractivity contribution is 5.50. The van der Waals surface area contributed by atoms with Crippen molar-refractivity contribution in [3.63, 3.8) is 0 Å². The summed E-state index contributed by atoms with van der Waals surface area (Å²) < 4.78 is 0. The summed E-state index contributed by atoms with van der Waals surface area (Å²) in [4.78, 5) is 2.39.